The van der Waals surface area contributed by atoms with Crippen LogP contribution in [0.4, 0.5) is 47.3 Å². The lowest BCUT2D eigenvalue weighted by molar-refractivity contribution is -0.131. The lowest BCUT2D eigenvalue weighted by Crippen LogP contribution is -2.45. The van der Waals surface area contributed by atoms with Gasteiger partial charge in [-0.2, -0.15) is 17.6 Å². The number of fused-ring (bicyclic) bond motifs is 2. The molecule has 0 atom stereocenters. The van der Waals surface area contributed by atoms with Gasteiger partial charge in [0.25, 0.3) is 11.8 Å². The number of Topliss-reactive ketones (excluding diaryl/α,β-unsaturated/α-hetero) is 1. The maximum absolute atomic E-state index is 15.2. The topological polar surface area (TPSA) is 158 Å². The molecule has 0 aliphatic carbocycles. The van der Waals surface area contributed by atoms with Gasteiger partial charge in [0.1, 0.15) is 11.6 Å². The van der Waals surface area contributed by atoms with Crippen LogP contribution < -0.4 is 15.1 Å². The number of halogens is 6. The van der Waals surface area contributed by atoms with E-state index in [0.717, 1.165) is 81.1 Å². The van der Waals surface area contributed by atoms with Crippen molar-refractivity contribution in [3.05, 3.63) is 117 Å². The lowest BCUT2D eigenvalue weighted by atomic mass is 10.1. The van der Waals surface area contributed by atoms with Gasteiger partial charge in [-0.3, -0.25) is 19.4 Å². The number of aromatic nitrogens is 4. The number of thiazole rings is 2. The summed E-state index contributed by atoms with van der Waals surface area (Å²) in [4.78, 5) is 66.5. The summed E-state index contributed by atoms with van der Waals surface area (Å²) >= 11 is 3.14. The molecule has 0 unspecified atom stereocenters. The van der Waals surface area contributed by atoms with Gasteiger partial charge in [0.2, 0.25) is 5.89 Å². The van der Waals surface area contributed by atoms with Gasteiger partial charge in [-0.15, -0.1) is 32.9 Å². The summed E-state index contributed by atoms with van der Waals surface area (Å²) in [7, 11) is 0. The molecular formula is C53H55F6N9O5S2. The van der Waals surface area contributed by atoms with E-state index in [4.69, 9.17) is 4.42 Å². The number of nitrogens with one attached hydrogen (secondary N) is 1. The Bertz CT molecular complexity index is 3170. The molecule has 396 valence electrons. The average Bonchev–Trinajstić information content (AvgIpc) is 4.19. The highest BCUT2D eigenvalue weighted by molar-refractivity contribution is 7.19. The van der Waals surface area contributed by atoms with Crippen LogP contribution in [0.3, 0.4) is 0 Å². The summed E-state index contributed by atoms with van der Waals surface area (Å²) in [6, 6.07) is 18.7. The van der Waals surface area contributed by atoms with Crippen LogP contribution in [0.15, 0.2) is 77.2 Å². The quantitative estimate of drug-likeness (QED) is 0.0826. The first-order valence-electron chi connectivity index (χ1n) is 24.7. The van der Waals surface area contributed by atoms with E-state index in [1.54, 1.807) is 43.4 Å². The Kier molecular flexibility index (Phi) is 17.5. The van der Waals surface area contributed by atoms with E-state index < -0.39 is 48.6 Å². The average molecular weight is 1080 g/mol. The van der Waals surface area contributed by atoms with Crippen molar-refractivity contribution >= 4 is 78.2 Å². The SMILES string of the molecule is CC(C)c1nc2ccc(N(Cc3ccc(-c4nnc(C(F)F)o4)cc3F)C(=O)N3CCCCC3)cc2s1.CC(C)c1nc2ccc(N(Cc3ccc(C(=O)CNC(=O)C(F)F)cc3F)C(=O)N3CCCCC3)cc2s1. The monoisotopic (exact) mass is 1080 g/mol. The predicted molar refractivity (Wildman–Crippen MR) is 276 cm³/mol. The highest BCUT2D eigenvalue weighted by atomic mass is 32.1. The second kappa shape index (κ2) is 24.2. The van der Waals surface area contributed by atoms with Crippen LogP contribution in [0.2, 0.25) is 0 Å². The van der Waals surface area contributed by atoms with Gasteiger partial charge in [0, 0.05) is 71.6 Å². The highest BCUT2D eigenvalue weighted by Crippen LogP contribution is 2.35. The van der Waals surface area contributed by atoms with Crippen LogP contribution in [0.5, 0.6) is 0 Å². The van der Waals surface area contributed by atoms with Gasteiger partial charge in [-0.25, -0.2) is 28.3 Å². The Balaban J connectivity index is 0.000000199. The third-order valence-corrected chi connectivity index (χ3v) is 15.3. The zero-order chi connectivity index (χ0) is 53.5. The number of rotatable bonds is 14. The van der Waals surface area contributed by atoms with Crippen molar-refractivity contribution in [3.8, 4) is 11.5 Å². The molecule has 2 fully saturated rings. The smallest absolute Gasteiger partial charge is 0.324 e. The normalized spacial score (nSPS) is 14.0. The Morgan fingerprint density at radius 1 is 0.640 bits per heavy atom. The fraction of sp³-hybridized carbons (Fsp3) is 0.396. The number of anilines is 2. The van der Waals surface area contributed by atoms with Crippen LogP contribution in [0.1, 0.15) is 122 Å². The number of urea groups is 2. The van der Waals surface area contributed by atoms with Crippen molar-refractivity contribution in [1.29, 1.82) is 0 Å². The summed E-state index contributed by atoms with van der Waals surface area (Å²) in [5.41, 5.74) is 3.54. The van der Waals surface area contributed by atoms with Gasteiger partial charge in [-0.1, -0.05) is 45.9 Å². The van der Waals surface area contributed by atoms with Crippen molar-refractivity contribution in [2.24, 2.45) is 0 Å². The largest absolute Gasteiger partial charge is 0.415 e. The Morgan fingerprint density at radius 3 is 1.57 bits per heavy atom. The van der Waals surface area contributed by atoms with E-state index in [-0.39, 0.29) is 65.1 Å². The number of likely N-dealkylation sites (tertiary alicyclic amines) is 2. The molecule has 4 aromatic carbocycles. The van der Waals surface area contributed by atoms with Gasteiger partial charge in [-0.05, 0) is 93.1 Å². The van der Waals surface area contributed by atoms with E-state index in [0.29, 0.717) is 37.6 Å². The first kappa shape index (κ1) is 54.3. The molecule has 5 heterocycles. The molecule has 5 amide bonds. The molecule has 1 N–H and O–H groups in total. The standard InChI is InChI=1S/C27H29F3N4O3S.C26H26F3N5O2S/c1-16(2)26-32-21-9-8-19(13-23(21)38-26)34(27(37)33-10-4-3-5-11-33)15-18-7-6-17(12-20(18)28)22(35)14-31-25(36)24(29)30;1-15(2)25-30-20-9-8-18(13-21(20)37-25)34(26(35)33-10-4-3-5-11-33)14-17-7-6-16(12-19(17)27)23-31-32-24(36-23)22(28)29/h6-9,12-13,16,24H,3-5,10-11,14-15H2,1-2H3,(H,31,36);6-9,12-13,15,22H,3-5,10-11,14H2,1-2H3. The van der Waals surface area contributed by atoms with Crippen molar-refractivity contribution in [1.82, 2.24) is 35.3 Å². The molecule has 3 aromatic heterocycles. The van der Waals surface area contributed by atoms with E-state index in [1.165, 1.54) is 29.2 Å². The molecule has 2 saturated heterocycles. The number of carbonyl (C=O) groups is 4. The molecule has 7 aromatic rings. The number of alkyl halides is 4. The summed E-state index contributed by atoms with van der Waals surface area (Å²) in [5.74, 6) is -4.06. The predicted octanol–water partition coefficient (Wildman–Crippen LogP) is 12.9. The summed E-state index contributed by atoms with van der Waals surface area (Å²) < 4.78 is 87.5. The van der Waals surface area contributed by atoms with E-state index in [9.17, 15) is 36.7 Å². The lowest BCUT2D eigenvalue weighted by Gasteiger charge is -2.33. The molecule has 0 radical (unpaired) electrons. The third-order valence-electron chi connectivity index (χ3n) is 12.7. The number of amides is 5. The molecule has 0 spiro atoms. The van der Waals surface area contributed by atoms with Gasteiger partial charge >= 0.3 is 24.9 Å². The van der Waals surface area contributed by atoms with Crippen molar-refractivity contribution in [2.75, 3.05) is 42.5 Å². The van der Waals surface area contributed by atoms with Crippen molar-refractivity contribution in [3.63, 3.8) is 0 Å². The third kappa shape index (κ3) is 13.1. The molecule has 9 rings (SSSR count). The van der Waals surface area contributed by atoms with Gasteiger partial charge < -0.3 is 19.5 Å². The molecule has 22 heteroatoms. The highest BCUT2D eigenvalue weighted by Gasteiger charge is 2.29. The number of ketones is 1. The molecular weight excluding hydrogens is 1020 g/mol. The Morgan fingerprint density at radius 2 is 1.13 bits per heavy atom. The van der Waals surface area contributed by atoms with Crippen LogP contribution in [0.25, 0.3) is 31.9 Å². The first-order chi connectivity index (χ1) is 35.9. The van der Waals surface area contributed by atoms with E-state index >= 15 is 8.78 Å². The van der Waals surface area contributed by atoms with Crippen LogP contribution in [-0.4, -0.2) is 92.9 Å². The number of nitrogens with zero attached hydrogens (tertiary/aromatic N) is 8. The first-order valence-corrected chi connectivity index (χ1v) is 26.3. The zero-order valence-electron chi connectivity index (χ0n) is 41.6. The molecule has 0 saturated carbocycles. The Hall–Kier alpha value is -6.94. The minimum absolute atomic E-state index is 0.00505. The molecule has 14 nitrogen and oxygen atoms in total. The maximum atomic E-state index is 15.2. The fourth-order valence-corrected chi connectivity index (χ4v) is 10.5. The van der Waals surface area contributed by atoms with Gasteiger partial charge in [0.15, 0.2) is 5.78 Å². The van der Waals surface area contributed by atoms with E-state index in [2.05, 4.69) is 47.9 Å². The second-order valence-corrected chi connectivity index (χ2v) is 21.0. The summed E-state index contributed by atoms with van der Waals surface area (Å²) in [5, 5.41) is 10.7. The zero-order valence-corrected chi connectivity index (χ0v) is 43.3. The van der Waals surface area contributed by atoms with Crippen molar-refractivity contribution in [2.45, 2.75) is 104 Å². The Labute approximate surface area is 436 Å². The minimum atomic E-state index is -3.24. The summed E-state index contributed by atoms with van der Waals surface area (Å²) in [6.07, 6.45) is -0.363. The van der Waals surface area contributed by atoms with Crippen LogP contribution >= 0.6 is 22.7 Å². The van der Waals surface area contributed by atoms with Crippen LogP contribution in [-0.2, 0) is 17.9 Å². The van der Waals surface area contributed by atoms with Crippen molar-refractivity contribution < 1.29 is 49.9 Å². The maximum Gasteiger partial charge on any atom is 0.324 e. The number of carbonyl (C=O) groups excluding carboxylic acids is 4. The summed E-state index contributed by atoms with van der Waals surface area (Å²) in [6.45, 7) is 10.1. The minimum Gasteiger partial charge on any atom is -0.415 e. The molecule has 75 heavy (non-hydrogen) atoms. The number of piperidine rings is 2. The second-order valence-electron chi connectivity index (χ2n) is 18.9. The fourth-order valence-electron chi connectivity index (χ4n) is 8.53. The van der Waals surface area contributed by atoms with Crippen LogP contribution in [0, 0.1) is 11.6 Å². The number of hydrogen-bond donors (Lipinski definition) is 1. The molecule has 2 aliphatic heterocycles. The molecule has 2 aliphatic rings. The number of benzene rings is 4. The van der Waals surface area contributed by atoms with E-state index in [1.807, 2.05) is 35.6 Å². The van der Waals surface area contributed by atoms with Gasteiger partial charge in [0.05, 0.1) is 50.1 Å². The number of hydrogen-bond acceptors (Lipinski definition) is 11. The molecule has 0 bridgehead atoms.